The van der Waals surface area contributed by atoms with Gasteiger partial charge in [0, 0.05) is 0 Å². The van der Waals surface area contributed by atoms with Crippen molar-refractivity contribution in [3.63, 3.8) is 0 Å². The molecule has 2 rings (SSSR count). The Morgan fingerprint density at radius 3 is 2.46 bits per heavy atom. The van der Waals surface area contributed by atoms with Gasteiger partial charge in [-0.2, -0.15) is 0 Å². The van der Waals surface area contributed by atoms with Crippen LogP contribution in [-0.4, -0.2) is 43.6 Å². The van der Waals surface area contributed by atoms with Gasteiger partial charge in [-0.05, 0) is 0 Å². The van der Waals surface area contributed by atoms with E-state index in [1.807, 2.05) is 48.5 Å². The molecule has 0 aliphatic heterocycles. The minimum atomic E-state index is -0.760. The zero-order chi connectivity index (χ0) is 20.4. The van der Waals surface area contributed by atoms with Gasteiger partial charge in [-0.25, -0.2) is 0 Å². The number of hydrogen-bond acceptors (Lipinski definition) is 5. The van der Waals surface area contributed by atoms with Crippen molar-refractivity contribution in [1.29, 1.82) is 0 Å². The van der Waals surface area contributed by atoms with Crippen LogP contribution < -0.4 is 9.91 Å². The monoisotopic (exact) mass is 450 g/mol. The van der Waals surface area contributed by atoms with Gasteiger partial charge >= 0.3 is 172 Å². The Balaban J connectivity index is 1.93. The van der Waals surface area contributed by atoms with Crippen molar-refractivity contribution in [2.24, 2.45) is 0 Å². The van der Waals surface area contributed by atoms with Gasteiger partial charge in [0.1, 0.15) is 0 Å². The number of aromatic nitrogens is 1. The standard InChI is InChI=1S/C21H26N2O4Se/c1-21(2,3)27-20(25)23-17(12-14-28-18-11-7-8-13-22-18)19(24)26-15-16-9-5-4-6-10-16/h4-11,13,17H,12,14-15H2,1-3H3,(H,23,25)/t17-/m0/s1. The molecule has 0 bridgehead atoms. The molecule has 0 radical (unpaired) electrons. The van der Waals surface area contributed by atoms with E-state index >= 15 is 0 Å². The number of carbonyl (C=O) groups is 2. The summed E-state index contributed by atoms with van der Waals surface area (Å²) in [5.74, 6) is -0.466. The third-order valence-corrected chi connectivity index (χ3v) is 5.54. The maximum absolute atomic E-state index is 12.6. The second-order valence-corrected chi connectivity index (χ2v) is 9.44. The number of nitrogens with zero attached hydrogens (tertiary/aromatic N) is 1. The van der Waals surface area contributed by atoms with Crippen LogP contribution in [0.1, 0.15) is 32.8 Å². The molecule has 0 fully saturated rings. The fourth-order valence-electron chi connectivity index (χ4n) is 2.24. The number of amides is 1. The average molecular weight is 449 g/mol. The van der Waals surface area contributed by atoms with E-state index < -0.39 is 23.7 Å². The van der Waals surface area contributed by atoms with E-state index in [4.69, 9.17) is 9.47 Å². The first-order valence-electron chi connectivity index (χ1n) is 9.07. The molecular formula is C21H26N2O4Se. The molecule has 1 atom stereocenters. The molecule has 2 aromatic rings. The van der Waals surface area contributed by atoms with E-state index in [0.29, 0.717) is 6.42 Å². The van der Waals surface area contributed by atoms with Gasteiger partial charge in [0.2, 0.25) is 0 Å². The van der Waals surface area contributed by atoms with E-state index in [1.165, 1.54) is 0 Å². The predicted molar refractivity (Wildman–Crippen MR) is 108 cm³/mol. The van der Waals surface area contributed by atoms with Crippen LogP contribution in [0.15, 0.2) is 54.7 Å². The molecular weight excluding hydrogens is 423 g/mol. The quantitative estimate of drug-likeness (QED) is 0.496. The molecule has 6 nitrogen and oxygen atoms in total. The molecule has 0 unspecified atom stereocenters. The number of benzene rings is 1. The van der Waals surface area contributed by atoms with Gasteiger partial charge in [-0.3, -0.25) is 0 Å². The van der Waals surface area contributed by atoms with E-state index in [2.05, 4.69) is 10.3 Å². The molecule has 7 heteroatoms. The zero-order valence-electron chi connectivity index (χ0n) is 16.4. The van der Waals surface area contributed by atoms with Crippen molar-refractivity contribution in [3.05, 3.63) is 60.3 Å². The van der Waals surface area contributed by atoms with Crippen LogP contribution >= 0.6 is 0 Å². The number of esters is 1. The Bertz CT molecular complexity index is 748. The summed E-state index contributed by atoms with van der Waals surface area (Å²) in [5.41, 5.74) is 0.255. The number of ether oxygens (including phenoxy) is 2. The van der Waals surface area contributed by atoms with Gasteiger partial charge in [0.25, 0.3) is 0 Å². The Kier molecular flexibility index (Phi) is 8.48. The predicted octanol–water partition coefficient (Wildman–Crippen LogP) is 2.86. The summed E-state index contributed by atoms with van der Waals surface area (Å²) in [7, 11) is 0. The van der Waals surface area contributed by atoms with Gasteiger partial charge in [-0.15, -0.1) is 0 Å². The van der Waals surface area contributed by atoms with Gasteiger partial charge in [-0.1, -0.05) is 0 Å². The first-order valence-corrected chi connectivity index (χ1v) is 11.1. The van der Waals surface area contributed by atoms with Crippen LogP contribution in [0.25, 0.3) is 0 Å². The summed E-state index contributed by atoms with van der Waals surface area (Å²) in [4.78, 5) is 29.0. The Hall–Kier alpha value is -2.37. The zero-order valence-corrected chi connectivity index (χ0v) is 18.1. The minimum absolute atomic E-state index is 0.106. The molecule has 0 spiro atoms. The topological polar surface area (TPSA) is 77.5 Å². The summed E-state index contributed by atoms with van der Waals surface area (Å²) in [6, 6.07) is 14.4. The molecule has 1 aromatic heterocycles. The first-order chi connectivity index (χ1) is 13.3. The van der Waals surface area contributed by atoms with Gasteiger partial charge < -0.3 is 0 Å². The molecule has 28 heavy (non-hydrogen) atoms. The SMILES string of the molecule is CC(C)(C)OC(=O)N[C@@H](CC[Se]c1ccccn1)C(=O)OCc1ccccc1. The number of pyridine rings is 1. The second-order valence-electron chi connectivity index (χ2n) is 7.10. The van der Waals surface area contributed by atoms with Crippen LogP contribution in [0.2, 0.25) is 5.32 Å². The Morgan fingerprint density at radius 1 is 1.11 bits per heavy atom. The van der Waals surface area contributed by atoms with Gasteiger partial charge in [0.15, 0.2) is 0 Å². The van der Waals surface area contributed by atoms with Crippen LogP contribution in [0.5, 0.6) is 0 Å². The Labute approximate surface area is 172 Å². The van der Waals surface area contributed by atoms with Crippen molar-refractivity contribution in [2.75, 3.05) is 0 Å². The van der Waals surface area contributed by atoms with Gasteiger partial charge in [0.05, 0.1) is 0 Å². The summed E-state index contributed by atoms with van der Waals surface area (Å²) in [6.45, 7) is 5.50. The van der Waals surface area contributed by atoms with Crippen LogP contribution in [0, 0.1) is 0 Å². The number of nitrogens with one attached hydrogen (secondary N) is 1. The van der Waals surface area contributed by atoms with E-state index in [1.54, 1.807) is 27.0 Å². The van der Waals surface area contributed by atoms with Crippen LogP contribution in [0.3, 0.4) is 0 Å². The van der Waals surface area contributed by atoms with Crippen molar-refractivity contribution in [2.45, 2.75) is 50.8 Å². The number of rotatable bonds is 8. The van der Waals surface area contributed by atoms with Crippen molar-refractivity contribution in [3.8, 4) is 0 Å². The van der Waals surface area contributed by atoms with Crippen LogP contribution in [-0.2, 0) is 20.9 Å². The van der Waals surface area contributed by atoms with E-state index in [-0.39, 0.29) is 21.6 Å². The molecule has 150 valence electrons. The number of alkyl carbamates (subject to hydrolysis) is 1. The summed E-state index contributed by atoms with van der Waals surface area (Å²) >= 11 is 0.106. The molecule has 1 amide bonds. The van der Waals surface area contributed by atoms with E-state index in [0.717, 1.165) is 15.5 Å². The van der Waals surface area contributed by atoms with E-state index in [9.17, 15) is 9.59 Å². The molecule has 1 N–H and O–H groups in total. The first kappa shape index (κ1) is 21.9. The third kappa shape index (κ3) is 8.55. The fraction of sp³-hybridized carbons (Fsp3) is 0.381. The molecule has 0 aliphatic rings. The van der Waals surface area contributed by atoms with Crippen LogP contribution in [0.4, 0.5) is 4.79 Å². The number of carbonyl (C=O) groups excluding carboxylic acids is 2. The molecule has 0 aliphatic carbocycles. The second kappa shape index (κ2) is 10.8. The fourth-order valence-corrected chi connectivity index (χ4v) is 4.07. The number of hydrogen-bond donors (Lipinski definition) is 1. The normalized spacial score (nSPS) is 12.1. The van der Waals surface area contributed by atoms with Crippen molar-refractivity contribution < 1.29 is 19.1 Å². The summed E-state index contributed by atoms with van der Waals surface area (Å²) in [5, 5.41) is 3.39. The molecule has 1 heterocycles. The average Bonchev–Trinajstić information content (AvgIpc) is 2.65. The molecule has 1 aromatic carbocycles. The maximum atomic E-state index is 12.6. The third-order valence-electron chi connectivity index (χ3n) is 3.49. The molecule has 0 saturated carbocycles. The van der Waals surface area contributed by atoms with Crippen molar-refractivity contribution in [1.82, 2.24) is 10.3 Å². The summed E-state index contributed by atoms with van der Waals surface area (Å²) in [6.07, 6.45) is 1.59. The summed E-state index contributed by atoms with van der Waals surface area (Å²) < 4.78 is 11.7. The van der Waals surface area contributed by atoms with Crippen molar-refractivity contribution >= 4 is 31.6 Å². The Morgan fingerprint density at radius 2 is 1.82 bits per heavy atom. The molecule has 0 saturated heterocycles.